The van der Waals surface area contributed by atoms with Crippen molar-refractivity contribution in [3.8, 4) is 0 Å². The summed E-state index contributed by atoms with van der Waals surface area (Å²) in [6.07, 6.45) is 6.80. The lowest BCUT2D eigenvalue weighted by Crippen LogP contribution is -2.30. The van der Waals surface area contributed by atoms with Gasteiger partial charge < -0.3 is 10.1 Å². The lowest BCUT2D eigenvalue weighted by Gasteiger charge is -2.17. The molecule has 116 valence electrons. The number of hydrogen-bond donors (Lipinski definition) is 1. The van der Waals surface area contributed by atoms with E-state index in [9.17, 15) is 9.59 Å². The number of methoxy groups -OCH3 is 1. The Bertz CT molecular complexity index is 452. The van der Waals surface area contributed by atoms with E-state index in [-0.39, 0.29) is 24.3 Å². The summed E-state index contributed by atoms with van der Waals surface area (Å²) in [6, 6.07) is 3.60. The molecule has 0 unspecified atom stereocenters. The topological polar surface area (TPSA) is 55.4 Å². The summed E-state index contributed by atoms with van der Waals surface area (Å²) >= 11 is 1.55. The van der Waals surface area contributed by atoms with Crippen LogP contribution in [0.2, 0.25) is 0 Å². The number of nitrogens with one attached hydrogen (secondary N) is 1. The monoisotopic (exact) mass is 309 g/mol. The number of carbonyl (C=O) groups excluding carboxylic acids is 2. The molecule has 0 aromatic carbocycles. The quantitative estimate of drug-likeness (QED) is 0.785. The Morgan fingerprint density at radius 1 is 1.43 bits per heavy atom. The van der Waals surface area contributed by atoms with Gasteiger partial charge in [0, 0.05) is 11.3 Å². The molecule has 1 aromatic rings. The van der Waals surface area contributed by atoms with Gasteiger partial charge in [0.15, 0.2) is 0 Å². The summed E-state index contributed by atoms with van der Waals surface area (Å²) in [5.41, 5.74) is 0. The minimum Gasteiger partial charge on any atom is -0.469 e. The Kier molecular flexibility index (Phi) is 6.23. The molecule has 0 aliphatic heterocycles. The summed E-state index contributed by atoms with van der Waals surface area (Å²) < 4.78 is 4.72. The molecule has 4 nitrogen and oxygen atoms in total. The van der Waals surface area contributed by atoms with Crippen molar-refractivity contribution in [3.63, 3.8) is 0 Å². The highest BCUT2D eigenvalue weighted by Crippen LogP contribution is 2.29. The zero-order chi connectivity index (χ0) is 15.1. The number of rotatable bonds is 7. The van der Waals surface area contributed by atoms with E-state index in [4.69, 9.17) is 4.74 Å². The molecule has 1 amide bonds. The summed E-state index contributed by atoms with van der Waals surface area (Å²) in [5, 5.41) is 4.93. The molecule has 2 rings (SSSR count). The average molecular weight is 309 g/mol. The predicted molar refractivity (Wildman–Crippen MR) is 83.0 cm³/mol. The molecule has 1 aliphatic rings. The van der Waals surface area contributed by atoms with Crippen molar-refractivity contribution in [1.82, 2.24) is 5.32 Å². The van der Waals surface area contributed by atoms with Crippen molar-refractivity contribution in [2.24, 2.45) is 5.92 Å². The van der Waals surface area contributed by atoms with Crippen molar-refractivity contribution in [3.05, 3.63) is 22.4 Å². The van der Waals surface area contributed by atoms with Gasteiger partial charge in [-0.2, -0.15) is 0 Å². The van der Waals surface area contributed by atoms with Crippen LogP contribution in [-0.2, 0) is 14.3 Å². The molecule has 1 N–H and O–H groups in total. The van der Waals surface area contributed by atoms with Gasteiger partial charge in [-0.3, -0.25) is 9.59 Å². The van der Waals surface area contributed by atoms with Crippen molar-refractivity contribution in [2.75, 3.05) is 7.11 Å². The fraction of sp³-hybridized carbons (Fsp3) is 0.625. The van der Waals surface area contributed by atoms with Crippen LogP contribution in [0.3, 0.4) is 0 Å². The molecule has 1 aromatic heterocycles. The van der Waals surface area contributed by atoms with E-state index >= 15 is 0 Å². The number of ether oxygens (including phenoxy) is 1. The molecule has 5 heteroatoms. The largest absolute Gasteiger partial charge is 0.469 e. The van der Waals surface area contributed by atoms with Crippen molar-refractivity contribution >= 4 is 23.2 Å². The van der Waals surface area contributed by atoms with Crippen LogP contribution in [0.1, 0.15) is 55.9 Å². The number of hydrogen-bond acceptors (Lipinski definition) is 4. The third-order valence-electron chi connectivity index (χ3n) is 4.07. The van der Waals surface area contributed by atoms with Gasteiger partial charge in [0.05, 0.1) is 19.6 Å². The standard InChI is InChI=1S/C16H23NO3S/c1-20-16(19)11-13(14-7-4-10-21-14)17-15(18)9-8-12-5-2-3-6-12/h4,7,10,12-13H,2-3,5-6,8-9,11H2,1H3,(H,17,18)/t13-/m0/s1. The maximum absolute atomic E-state index is 12.1. The number of thiophene rings is 1. The Morgan fingerprint density at radius 3 is 2.81 bits per heavy atom. The van der Waals surface area contributed by atoms with E-state index in [0.717, 1.165) is 11.3 Å². The highest BCUT2D eigenvalue weighted by molar-refractivity contribution is 7.10. The Labute approximate surface area is 129 Å². The van der Waals surface area contributed by atoms with Crippen LogP contribution in [0.4, 0.5) is 0 Å². The first-order valence-electron chi connectivity index (χ1n) is 7.58. The third kappa shape index (κ3) is 5.16. The van der Waals surface area contributed by atoms with Gasteiger partial charge in [0.2, 0.25) is 5.91 Å². The van der Waals surface area contributed by atoms with Gasteiger partial charge >= 0.3 is 5.97 Å². The second kappa shape index (κ2) is 8.17. The van der Waals surface area contributed by atoms with Gasteiger partial charge in [-0.15, -0.1) is 11.3 Å². The molecule has 1 atom stereocenters. The SMILES string of the molecule is COC(=O)C[C@H](NC(=O)CCC1CCCC1)c1cccs1. The molecule has 0 bridgehead atoms. The second-order valence-corrected chi connectivity index (χ2v) is 6.58. The van der Waals surface area contributed by atoms with E-state index in [0.29, 0.717) is 12.3 Å². The smallest absolute Gasteiger partial charge is 0.307 e. The predicted octanol–water partition coefficient (Wildman–Crippen LogP) is 3.44. The normalized spacial score (nSPS) is 16.6. The highest BCUT2D eigenvalue weighted by Gasteiger charge is 2.21. The molecule has 1 fully saturated rings. The van der Waals surface area contributed by atoms with Crippen LogP contribution in [-0.4, -0.2) is 19.0 Å². The minimum absolute atomic E-state index is 0.0317. The van der Waals surface area contributed by atoms with Gasteiger partial charge in [-0.25, -0.2) is 0 Å². The summed E-state index contributed by atoms with van der Waals surface area (Å²) in [6.45, 7) is 0. The molecule has 1 aliphatic carbocycles. The van der Waals surface area contributed by atoms with E-state index in [2.05, 4.69) is 5.32 Å². The second-order valence-electron chi connectivity index (χ2n) is 5.60. The van der Waals surface area contributed by atoms with Crippen molar-refractivity contribution < 1.29 is 14.3 Å². The zero-order valence-corrected chi connectivity index (χ0v) is 13.3. The molecule has 0 saturated heterocycles. The summed E-state index contributed by atoms with van der Waals surface area (Å²) in [4.78, 5) is 24.6. The van der Waals surface area contributed by atoms with Crippen molar-refractivity contribution in [2.45, 2.75) is 51.0 Å². The fourth-order valence-corrected chi connectivity index (χ4v) is 3.64. The first kappa shape index (κ1) is 16.0. The van der Waals surface area contributed by atoms with Gasteiger partial charge in [-0.1, -0.05) is 31.7 Å². The van der Waals surface area contributed by atoms with Crippen LogP contribution in [0.25, 0.3) is 0 Å². The summed E-state index contributed by atoms with van der Waals surface area (Å²) in [7, 11) is 1.37. The fourth-order valence-electron chi connectivity index (χ4n) is 2.86. The Morgan fingerprint density at radius 2 is 2.19 bits per heavy atom. The van der Waals surface area contributed by atoms with Gasteiger partial charge in [0.1, 0.15) is 0 Å². The zero-order valence-electron chi connectivity index (χ0n) is 12.5. The lowest BCUT2D eigenvalue weighted by molar-refractivity contribution is -0.141. The third-order valence-corrected chi connectivity index (χ3v) is 5.06. The molecule has 0 radical (unpaired) electrons. The summed E-state index contributed by atoms with van der Waals surface area (Å²) in [5.74, 6) is 0.435. The minimum atomic E-state index is -0.301. The lowest BCUT2D eigenvalue weighted by atomic mass is 10.0. The maximum atomic E-state index is 12.1. The molecule has 1 saturated carbocycles. The van der Waals surface area contributed by atoms with E-state index in [1.165, 1.54) is 32.8 Å². The van der Waals surface area contributed by atoms with Gasteiger partial charge in [-0.05, 0) is 23.8 Å². The van der Waals surface area contributed by atoms with Gasteiger partial charge in [0.25, 0.3) is 0 Å². The van der Waals surface area contributed by atoms with Crippen molar-refractivity contribution in [1.29, 1.82) is 0 Å². The first-order chi connectivity index (χ1) is 10.2. The maximum Gasteiger partial charge on any atom is 0.307 e. The van der Waals surface area contributed by atoms with Crippen LogP contribution >= 0.6 is 11.3 Å². The van der Waals surface area contributed by atoms with Crippen LogP contribution < -0.4 is 5.32 Å². The average Bonchev–Trinajstić information content (AvgIpc) is 3.17. The molecular weight excluding hydrogens is 286 g/mol. The van der Waals surface area contributed by atoms with E-state index in [1.54, 1.807) is 11.3 Å². The van der Waals surface area contributed by atoms with E-state index < -0.39 is 0 Å². The van der Waals surface area contributed by atoms with Crippen LogP contribution in [0.5, 0.6) is 0 Å². The van der Waals surface area contributed by atoms with Crippen LogP contribution in [0.15, 0.2) is 17.5 Å². The van der Waals surface area contributed by atoms with E-state index in [1.807, 2.05) is 17.5 Å². The number of esters is 1. The molecular formula is C16H23NO3S. The molecule has 1 heterocycles. The Hall–Kier alpha value is -1.36. The molecule has 21 heavy (non-hydrogen) atoms. The number of amides is 1. The van der Waals surface area contributed by atoms with Crippen LogP contribution in [0, 0.1) is 5.92 Å². The highest BCUT2D eigenvalue weighted by atomic mass is 32.1. The first-order valence-corrected chi connectivity index (χ1v) is 8.46. The molecule has 0 spiro atoms. The Balaban J connectivity index is 1.85. The number of carbonyl (C=O) groups is 2.